The molecule has 6 heteroatoms. The number of aliphatic hydroxyl groups excluding tert-OH is 1. The van der Waals surface area contributed by atoms with Gasteiger partial charge in [0.2, 0.25) is 0 Å². The molecule has 90 valence electrons. The van der Waals surface area contributed by atoms with E-state index in [2.05, 4.69) is 15.9 Å². The molecule has 1 atom stereocenters. The zero-order valence-corrected chi connectivity index (χ0v) is 12.2. The summed E-state index contributed by atoms with van der Waals surface area (Å²) in [5.74, 6) is -0.536. The fourth-order valence-electron chi connectivity index (χ4n) is 1.41. The van der Waals surface area contributed by atoms with E-state index in [1.807, 2.05) is 0 Å². The second-order valence-corrected chi connectivity index (χ2v) is 6.52. The predicted octanol–water partition coefficient (Wildman–Crippen LogP) is 5.04. The van der Waals surface area contributed by atoms with E-state index in [9.17, 15) is 9.50 Å². The number of halogens is 4. The van der Waals surface area contributed by atoms with Gasteiger partial charge >= 0.3 is 0 Å². The van der Waals surface area contributed by atoms with Crippen LogP contribution >= 0.6 is 50.5 Å². The zero-order valence-electron chi connectivity index (χ0n) is 8.25. The fraction of sp³-hybridized carbons (Fsp3) is 0.0909. The normalized spacial score (nSPS) is 12.8. The van der Waals surface area contributed by atoms with Crippen molar-refractivity contribution in [3.05, 3.63) is 54.4 Å². The van der Waals surface area contributed by atoms with Crippen LogP contribution in [0.5, 0.6) is 0 Å². The minimum atomic E-state index is -1.11. The van der Waals surface area contributed by atoms with Crippen LogP contribution in [0.3, 0.4) is 0 Å². The molecule has 1 N–H and O–H groups in total. The topological polar surface area (TPSA) is 20.2 Å². The van der Waals surface area contributed by atoms with E-state index >= 15 is 0 Å². The van der Waals surface area contributed by atoms with Gasteiger partial charge in [-0.2, -0.15) is 0 Å². The first-order valence-electron chi connectivity index (χ1n) is 4.57. The van der Waals surface area contributed by atoms with E-state index in [1.165, 1.54) is 29.5 Å². The Morgan fingerprint density at radius 2 is 2.00 bits per heavy atom. The number of aliphatic hydroxyl groups is 1. The summed E-state index contributed by atoms with van der Waals surface area (Å²) in [4.78, 5) is 0.536. The Bertz CT molecular complexity index is 519. The number of hydrogen-bond donors (Lipinski definition) is 1. The molecule has 0 saturated carbocycles. The van der Waals surface area contributed by atoms with Gasteiger partial charge in [-0.25, -0.2) is 4.39 Å². The van der Waals surface area contributed by atoms with Crippen molar-refractivity contribution in [3.63, 3.8) is 0 Å². The maximum absolute atomic E-state index is 13.6. The molecule has 0 fully saturated rings. The standard InChI is InChI=1S/C11H6BrCl2FOS/c12-11-6(14)4-8(17-11)10(16)9-5(13)2-1-3-7(9)15/h1-4,10,16H. The summed E-state index contributed by atoms with van der Waals surface area (Å²) in [6.45, 7) is 0. The van der Waals surface area contributed by atoms with Crippen LogP contribution in [0.25, 0.3) is 0 Å². The van der Waals surface area contributed by atoms with Crippen LogP contribution in [0.1, 0.15) is 16.5 Å². The maximum atomic E-state index is 13.6. The molecule has 1 aromatic heterocycles. The van der Waals surface area contributed by atoms with Crippen molar-refractivity contribution in [2.45, 2.75) is 6.10 Å². The third-order valence-corrected chi connectivity index (χ3v) is 5.06. The first kappa shape index (κ1) is 13.3. The van der Waals surface area contributed by atoms with Crippen molar-refractivity contribution in [2.75, 3.05) is 0 Å². The number of thiophene rings is 1. The third-order valence-electron chi connectivity index (χ3n) is 2.21. The minimum Gasteiger partial charge on any atom is -0.383 e. The van der Waals surface area contributed by atoms with Crippen LogP contribution in [0, 0.1) is 5.82 Å². The largest absolute Gasteiger partial charge is 0.383 e. The first-order valence-corrected chi connectivity index (χ1v) is 6.94. The Hall–Kier alpha value is -0.130. The summed E-state index contributed by atoms with van der Waals surface area (Å²) in [5.41, 5.74) is 0.0691. The molecular weight excluding hydrogens is 350 g/mol. The Labute approximate surface area is 120 Å². The molecule has 2 rings (SSSR count). The lowest BCUT2D eigenvalue weighted by Crippen LogP contribution is -2.01. The molecule has 1 aromatic carbocycles. The molecule has 0 bridgehead atoms. The van der Waals surface area contributed by atoms with E-state index in [1.54, 1.807) is 6.07 Å². The monoisotopic (exact) mass is 354 g/mol. The molecule has 0 saturated heterocycles. The number of rotatable bonds is 2. The highest BCUT2D eigenvalue weighted by atomic mass is 79.9. The van der Waals surface area contributed by atoms with Crippen molar-refractivity contribution in [1.29, 1.82) is 0 Å². The second kappa shape index (κ2) is 5.24. The lowest BCUT2D eigenvalue weighted by atomic mass is 10.1. The minimum absolute atomic E-state index is 0.0691. The van der Waals surface area contributed by atoms with E-state index in [-0.39, 0.29) is 10.6 Å². The fourth-order valence-corrected chi connectivity index (χ4v) is 3.42. The lowest BCUT2D eigenvalue weighted by Gasteiger charge is -2.11. The summed E-state index contributed by atoms with van der Waals surface area (Å²) >= 11 is 16.2. The van der Waals surface area contributed by atoms with Gasteiger partial charge in [0.25, 0.3) is 0 Å². The molecule has 1 heterocycles. The smallest absolute Gasteiger partial charge is 0.130 e. The predicted molar refractivity (Wildman–Crippen MR) is 72.5 cm³/mol. The zero-order chi connectivity index (χ0) is 12.6. The Morgan fingerprint density at radius 1 is 1.29 bits per heavy atom. The summed E-state index contributed by atoms with van der Waals surface area (Å²) in [7, 11) is 0. The van der Waals surface area contributed by atoms with Gasteiger partial charge in [0.15, 0.2) is 0 Å². The highest BCUT2D eigenvalue weighted by Gasteiger charge is 2.21. The van der Waals surface area contributed by atoms with Gasteiger partial charge in [0.05, 0.1) is 8.81 Å². The molecule has 1 unspecified atom stereocenters. The average molecular weight is 356 g/mol. The lowest BCUT2D eigenvalue weighted by molar-refractivity contribution is 0.219. The van der Waals surface area contributed by atoms with Crippen molar-refractivity contribution in [1.82, 2.24) is 0 Å². The molecule has 0 spiro atoms. The van der Waals surface area contributed by atoms with Crippen molar-refractivity contribution in [2.24, 2.45) is 0 Å². The maximum Gasteiger partial charge on any atom is 0.130 e. The highest BCUT2D eigenvalue weighted by molar-refractivity contribution is 9.11. The number of benzene rings is 1. The molecule has 0 aliphatic heterocycles. The first-order chi connectivity index (χ1) is 8.00. The molecule has 0 amide bonds. The Kier molecular flexibility index (Phi) is 4.10. The van der Waals surface area contributed by atoms with Gasteiger partial charge in [-0.1, -0.05) is 29.3 Å². The van der Waals surface area contributed by atoms with Gasteiger partial charge in [0.1, 0.15) is 11.9 Å². The molecule has 2 aromatic rings. The number of hydrogen-bond acceptors (Lipinski definition) is 2. The van der Waals surface area contributed by atoms with Gasteiger partial charge in [0, 0.05) is 15.5 Å². The Balaban J connectivity index is 2.47. The summed E-state index contributed by atoms with van der Waals surface area (Å²) < 4.78 is 14.3. The second-order valence-electron chi connectivity index (χ2n) is 3.31. The molecule has 0 aliphatic carbocycles. The van der Waals surface area contributed by atoms with E-state index in [4.69, 9.17) is 23.2 Å². The van der Waals surface area contributed by atoms with E-state index < -0.39 is 11.9 Å². The van der Waals surface area contributed by atoms with Crippen LogP contribution in [-0.2, 0) is 0 Å². The molecule has 0 aliphatic rings. The molecule has 0 radical (unpaired) electrons. The van der Waals surface area contributed by atoms with Crippen LogP contribution in [0.2, 0.25) is 10.0 Å². The van der Waals surface area contributed by atoms with Crippen LogP contribution in [-0.4, -0.2) is 5.11 Å². The van der Waals surface area contributed by atoms with Crippen molar-refractivity contribution >= 4 is 50.5 Å². The van der Waals surface area contributed by atoms with E-state index in [0.29, 0.717) is 13.7 Å². The highest BCUT2D eigenvalue weighted by Crippen LogP contribution is 2.39. The van der Waals surface area contributed by atoms with Gasteiger partial charge in [-0.05, 0) is 34.1 Å². The average Bonchev–Trinajstić information content (AvgIpc) is 2.59. The van der Waals surface area contributed by atoms with Gasteiger partial charge < -0.3 is 5.11 Å². The van der Waals surface area contributed by atoms with E-state index in [0.717, 1.165) is 0 Å². The van der Waals surface area contributed by atoms with Crippen LogP contribution < -0.4 is 0 Å². The van der Waals surface area contributed by atoms with Crippen molar-refractivity contribution < 1.29 is 9.50 Å². The Morgan fingerprint density at radius 3 is 2.53 bits per heavy atom. The quantitative estimate of drug-likeness (QED) is 0.800. The molecule has 1 nitrogen and oxygen atoms in total. The third kappa shape index (κ3) is 2.66. The van der Waals surface area contributed by atoms with Crippen molar-refractivity contribution in [3.8, 4) is 0 Å². The SMILES string of the molecule is OC(c1cc(Cl)c(Br)s1)c1c(F)cccc1Cl. The van der Waals surface area contributed by atoms with Gasteiger partial charge in [-0.3, -0.25) is 0 Å². The van der Waals surface area contributed by atoms with Gasteiger partial charge in [-0.15, -0.1) is 11.3 Å². The summed E-state index contributed by atoms with van der Waals surface area (Å²) in [6.07, 6.45) is -1.11. The molecule has 17 heavy (non-hydrogen) atoms. The summed E-state index contributed by atoms with van der Waals surface area (Å²) in [6, 6.07) is 5.87. The van der Waals surface area contributed by atoms with Crippen LogP contribution in [0.15, 0.2) is 28.1 Å². The van der Waals surface area contributed by atoms with Crippen LogP contribution in [0.4, 0.5) is 4.39 Å². The summed E-state index contributed by atoms with van der Waals surface area (Å²) in [5, 5.41) is 10.8. The molecular formula is C11H6BrCl2FOS.